The fourth-order valence-corrected chi connectivity index (χ4v) is 2.20. The first-order valence-electron chi connectivity index (χ1n) is 7.15. The number of aromatic hydroxyl groups is 1. The third-order valence-corrected chi connectivity index (χ3v) is 3.36. The van der Waals surface area contributed by atoms with E-state index in [1.165, 1.54) is 0 Å². The molecule has 0 amide bonds. The Hall–Kier alpha value is -2.88. The Kier molecular flexibility index (Phi) is 4.30. The summed E-state index contributed by atoms with van der Waals surface area (Å²) in [6, 6.07) is 19.9. The molecule has 4 nitrogen and oxygen atoms in total. The van der Waals surface area contributed by atoms with Gasteiger partial charge in [-0.3, -0.25) is 9.56 Å². The van der Waals surface area contributed by atoms with Crippen LogP contribution in [-0.4, -0.2) is 20.9 Å². The van der Waals surface area contributed by atoms with Gasteiger partial charge in [0.15, 0.2) is 0 Å². The highest BCUT2D eigenvalue weighted by Gasteiger charge is 2.07. The lowest BCUT2D eigenvalue weighted by Crippen LogP contribution is -1.97. The van der Waals surface area contributed by atoms with E-state index in [4.69, 9.17) is 0 Å². The second-order valence-corrected chi connectivity index (χ2v) is 5.02. The van der Waals surface area contributed by atoms with E-state index >= 15 is 0 Å². The summed E-state index contributed by atoms with van der Waals surface area (Å²) in [5, 5.41) is 10.2. The van der Waals surface area contributed by atoms with E-state index in [0.717, 1.165) is 11.1 Å². The highest BCUT2D eigenvalue weighted by Crippen LogP contribution is 2.16. The Labute approximate surface area is 129 Å². The maximum absolute atomic E-state index is 10.2. The lowest BCUT2D eigenvalue weighted by Gasteiger charge is -2.03. The maximum Gasteiger partial charge on any atom is 0.220 e. The van der Waals surface area contributed by atoms with Gasteiger partial charge in [-0.1, -0.05) is 60.7 Å². The number of benzene rings is 2. The van der Waals surface area contributed by atoms with Crippen LogP contribution in [0.2, 0.25) is 0 Å². The predicted octanol–water partition coefficient (Wildman–Crippen LogP) is 3.26. The van der Waals surface area contributed by atoms with E-state index in [0.29, 0.717) is 18.8 Å². The molecule has 0 bridgehead atoms. The van der Waals surface area contributed by atoms with Gasteiger partial charge >= 0.3 is 0 Å². The van der Waals surface area contributed by atoms with Crippen molar-refractivity contribution in [3.63, 3.8) is 0 Å². The number of aliphatic imine (C=N–C) groups is 1. The smallest absolute Gasteiger partial charge is 0.220 e. The van der Waals surface area contributed by atoms with Gasteiger partial charge < -0.3 is 5.11 Å². The van der Waals surface area contributed by atoms with E-state index in [9.17, 15) is 5.11 Å². The van der Waals surface area contributed by atoms with Crippen LogP contribution in [-0.2, 0) is 13.1 Å². The first kappa shape index (κ1) is 14.1. The molecule has 0 aliphatic heterocycles. The highest BCUT2D eigenvalue weighted by molar-refractivity contribution is 5.79. The zero-order chi connectivity index (χ0) is 15.2. The topological polar surface area (TPSA) is 50.4 Å². The van der Waals surface area contributed by atoms with Crippen LogP contribution in [0.4, 0.5) is 0 Å². The molecule has 22 heavy (non-hydrogen) atoms. The quantitative estimate of drug-likeness (QED) is 0.734. The van der Waals surface area contributed by atoms with Gasteiger partial charge in [-0.25, -0.2) is 4.98 Å². The summed E-state index contributed by atoms with van der Waals surface area (Å²) in [7, 11) is 0. The first-order valence-corrected chi connectivity index (χ1v) is 7.15. The van der Waals surface area contributed by atoms with Crippen LogP contribution in [0.15, 0.2) is 72.0 Å². The zero-order valence-corrected chi connectivity index (χ0v) is 12.1. The van der Waals surface area contributed by atoms with E-state index < -0.39 is 0 Å². The van der Waals surface area contributed by atoms with E-state index in [-0.39, 0.29) is 5.88 Å². The predicted molar refractivity (Wildman–Crippen MR) is 87.2 cm³/mol. The maximum atomic E-state index is 10.2. The minimum Gasteiger partial charge on any atom is -0.493 e. The Morgan fingerprint density at radius 3 is 2.27 bits per heavy atom. The Balaban J connectivity index is 1.68. The molecule has 3 rings (SSSR count). The lowest BCUT2D eigenvalue weighted by atomic mass is 10.2. The third kappa shape index (κ3) is 3.41. The van der Waals surface area contributed by atoms with Gasteiger partial charge in [0, 0.05) is 0 Å². The average molecular weight is 291 g/mol. The zero-order valence-electron chi connectivity index (χ0n) is 12.1. The van der Waals surface area contributed by atoms with Crippen molar-refractivity contribution in [1.82, 2.24) is 9.55 Å². The van der Waals surface area contributed by atoms with Crippen molar-refractivity contribution in [2.24, 2.45) is 4.99 Å². The number of nitrogens with zero attached hydrogens (tertiary/aromatic N) is 3. The summed E-state index contributed by atoms with van der Waals surface area (Å²) in [5.41, 5.74) is 2.73. The molecule has 0 saturated carbocycles. The Morgan fingerprint density at radius 1 is 0.955 bits per heavy atom. The fraction of sp³-hybridized carbons (Fsp3) is 0.111. The molecule has 1 heterocycles. The van der Waals surface area contributed by atoms with Crippen molar-refractivity contribution in [1.29, 1.82) is 0 Å². The molecular formula is C18H17N3O. The highest BCUT2D eigenvalue weighted by atomic mass is 16.3. The SMILES string of the molecule is Oc1c(C=NCc2ccccc2)ncn1Cc1ccccc1. The van der Waals surface area contributed by atoms with Crippen molar-refractivity contribution in [2.45, 2.75) is 13.1 Å². The molecule has 0 saturated heterocycles. The molecule has 0 spiro atoms. The van der Waals surface area contributed by atoms with Crippen molar-refractivity contribution < 1.29 is 5.11 Å². The molecule has 110 valence electrons. The summed E-state index contributed by atoms with van der Waals surface area (Å²) >= 11 is 0. The van der Waals surface area contributed by atoms with Gasteiger partial charge in [-0.2, -0.15) is 0 Å². The molecule has 2 aromatic carbocycles. The molecule has 0 fully saturated rings. The van der Waals surface area contributed by atoms with Crippen molar-refractivity contribution in [2.75, 3.05) is 0 Å². The summed E-state index contributed by atoms with van der Waals surface area (Å²) in [5.74, 6) is 0.140. The molecule has 1 aromatic heterocycles. The third-order valence-electron chi connectivity index (χ3n) is 3.36. The Morgan fingerprint density at radius 2 is 1.59 bits per heavy atom. The average Bonchev–Trinajstić information content (AvgIpc) is 2.90. The first-order chi connectivity index (χ1) is 10.8. The molecule has 0 unspecified atom stereocenters. The second kappa shape index (κ2) is 6.72. The van der Waals surface area contributed by atoms with Crippen molar-refractivity contribution in [3.8, 4) is 5.88 Å². The van der Waals surface area contributed by atoms with Crippen LogP contribution in [0.25, 0.3) is 0 Å². The van der Waals surface area contributed by atoms with E-state index in [1.54, 1.807) is 17.1 Å². The molecule has 3 aromatic rings. The minimum absolute atomic E-state index is 0.140. The standard InChI is InChI=1S/C18H17N3O/c22-18-17(12-19-11-15-7-3-1-4-8-15)20-14-21(18)13-16-9-5-2-6-10-16/h1-10,12,14,22H,11,13H2. The van der Waals surface area contributed by atoms with Crippen LogP contribution < -0.4 is 0 Å². The van der Waals surface area contributed by atoms with Gasteiger partial charge in [0.2, 0.25) is 5.88 Å². The van der Waals surface area contributed by atoms with E-state index in [1.807, 2.05) is 60.7 Å². The number of hydrogen-bond acceptors (Lipinski definition) is 3. The fourth-order valence-electron chi connectivity index (χ4n) is 2.20. The monoisotopic (exact) mass is 291 g/mol. The van der Waals surface area contributed by atoms with Crippen LogP contribution >= 0.6 is 0 Å². The molecule has 0 aliphatic rings. The van der Waals surface area contributed by atoms with Crippen molar-refractivity contribution >= 4 is 6.21 Å². The molecule has 0 aliphatic carbocycles. The van der Waals surface area contributed by atoms with Gasteiger partial charge in [0.1, 0.15) is 5.69 Å². The van der Waals surface area contributed by atoms with Crippen LogP contribution in [0.1, 0.15) is 16.8 Å². The van der Waals surface area contributed by atoms with Crippen LogP contribution in [0, 0.1) is 0 Å². The largest absolute Gasteiger partial charge is 0.493 e. The number of rotatable bonds is 5. The molecule has 4 heteroatoms. The minimum atomic E-state index is 0.140. The number of aromatic nitrogens is 2. The summed E-state index contributed by atoms with van der Waals surface area (Å²) in [6.45, 7) is 1.16. The van der Waals surface area contributed by atoms with Gasteiger partial charge in [-0.15, -0.1) is 0 Å². The number of hydrogen-bond donors (Lipinski definition) is 1. The summed E-state index contributed by atoms with van der Waals surface area (Å²) in [6.07, 6.45) is 3.25. The van der Waals surface area contributed by atoms with Gasteiger partial charge in [-0.05, 0) is 11.1 Å². The van der Waals surface area contributed by atoms with Crippen LogP contribution in [0.3, 0.4) is 0 Å². The van der Waals surface area contributed by atoms with Crippen LogP contribution in [0.5, 0.6) is 5.88 Å². The Bertz CT molecular complexity index is 749. The molecule has 0 atom stereocenters. The van der Waals surface area contributed by atoms with Gasteiger partial charge in [0.05, 0.1) is 25.6 Å². The van der Waals surface area contributed by atoms with Crippen molar-refractivity contribution in [3.05, 3.63) is 83.8 Å². The lowest BCUT2D eigenvalue weighted by molar-refractivity contribution is 0.424. The number of imidazole rings is 1. The van der Waals surface area contributed by atoms with Gasteiger partial charge in [0.25, 0.3) is 0 Å². The van der Waals surface area contributed by atoms with E-state index in [2.05, 4.69) is 9.98 Å². The summed E-state index contributed by atoms with van der Waals surface area (Å²) in [4.78, 5) is 8.54. The molecule has 0 radical (unpaired) electrons. The normalized spacial score (nSPS) is 11.1. The summed E-state index contributed by atoms with van der Waals surface area (Å²) < 4.78 is 1.71. The second-order valence-electron chi connectivity index (χ2n) is 5.02. The molecule has 1 N–H and O–H groups in total. The molecular weight excluding hydrogens is 274 g/mol.